The quantitative estimate of drug-likeness (QED) is 0.832. The van der Waals surface area contributed by atoms with Gasteiger partial charge in [0.25, 0.3) is 0 Å². The molecule has 0 saturated carbocycles. The highest BCUT2D eigenvalue weighted by Crippen LogP contribution is 2.42. The third-order valence-corrected chi connectivity index (χ3v) is 4.66. The minimum absolute atomic E-state index is 0.149. The van der Waals surface area contributed by atoms with Crippen LogP contribution >= 0.6 is 0 Å². The van der Waals surface area contributed by atoms with E-state index in [1.54, 1.807) is 18.7 Å². The van der Waals surface area contributed by atoms with E-state index in [0.29, 0.717) is 18.7 Å². The molecule has 3 rings (SSSR count). The Morgan fingerprint density at radius 1 is 1.04 bits per heavy atom. The van der Waals surface area contributed by atoms with E-state index in [9.17, 15) is 22.7 Å². The van der Waals surface area contributed by atoms with Gasteiger partial charge >= 0.3 is 0 Å². The summed E-state index contributed by atoms with van der Waals surface area (Å²) in [6, 6.07) is 7.14. The number of hydrogen-bond acceptors (Lipinski definition) is 2. The van der Waals surface area contributed by atoms with Crippen LogP contribution < -0.4 is 4.90 Å². The zero-order valence-corrected chi connectivity index (χ0v) is 13.9. The van der Waals surface area contributed by atoms with Gasteiger partial charge in [-0.1, -0.05) is 6.07 Å². The van der Waals surface area contributed by atoms with E-state index in [-0.39, 0.29) is 11.6 Å². The second-order valence-electron chi connectivity index (χ2n) is 7.07. The van der Waals surface area contributed by atoms with Crippen molar-refractivity contribution in [3.63, 3.8) is 0 Å². The molecule has 25 heavy (non-hydrogen) atoms. The van der Waals surface area contributed by atoms with Gasteiger partial charge in [-0.3, -0.25) is 0 Å². The molecule has 2 aromatic rings. The fourth-order valence-electron chi connectivity index (χ4n) is 3.67. The molecule has 1 saturated heterocycles. The fourth-order valence-corrected chi connectivity index (χ4v) is 3.67. The smallest absolute Gasteiger partial charge is 0.182 e. The molecule has 2 nitrogen and oxygen atoms in total. The van der Waals surface area contributed by atoms with Gasteiger partial charge in [0.2, 0.25) is 0 Å². The van der Waals surface area contributed by atoms with Crippen LogP contribution in [0.25, 0.3) is 0 Å². The van der Waals surface area contributed by atoms with Crippen molar-refractivity contribution in [2.45, 2.75) is 25.4 Å². The van der Waals surface area contributed by atoms with E-state index in [2.05, 4.69) is 0 Å². The first-order valence-electron chi connectivity index (χ1n) is 8.04. The Labute approximate surface area is 143 Å². The van der Waals surface area contributed by atoms with Crippen LogP contribution in [-0.4, -0.2) is 23.8 Å². The number of benzene rings is 2. The lowest BCUT2D eigenvalue weighted by atomic mass is 9.72. The molecule has 0 amide bonds. The number of nitrogens with zero attached hydrogens (tertiary/aromatic N) is 1. The van der Waals surface area contributed by atoms with Gasteiger partial charge in [-0.15, -0.1) is 0 Å². The van der Waals surface area contributed by atoms with Gasteiger partial charge in [0.05, 0.1) is 11.3 Å². The number of aliphatic hydroxyl groups is 1. The van der Waals surface area contributed by atoms with Crippen LogP contribution in [0.3, 0.4) is 0 Å². The van der Waals surface area contributed by atoms with Crippen molar-refractivity contribution in [1.29, 1.82) is 0 Å². The lowest BCUT2D eigenvalue weighted by molar-refractivity contribution is 0.0211. The van der Waals surface area contributed by atoms with Crippen molar-refractivity contribution < 1.29 is 22.7 Å². The minimum Gasteiger partial charge on any atom is -0.390 e. The van der Waals surface area contributed by atoms with Crippen molar-refractivity contribution in [1.82, 2.24) is 0 Å². The molecule has 0 spiro atoms. The van der Waals surface area contributed by atoms with Crippen LogP contribution in [0.5, 0.6) is 0 Å². The standard InChI is InChI=1S/C19H19F4NO/c1-19(2,25)17(11-6-13(20)8-14(21)7-11)12-9-24(10-12)16-5-3-4-15(22)18(16)23/h3-8,12,17,25H,9-10H2,1-2H3/t17-/m0/s1. The summed E-state index contributed by atoms with van der Waals surface area (Å²) in [6.45, 7) is 3.86. The molecule has 1 aliphatic heterocycles. The van der Waals surface area contributed by atoms with Crippen molar-refractivity contribution >= 4 is 5.69 Å². The maximum Gasteiger partial charge on any atom is 0.182 e. The maximum absolute atomic E-state index is 13.9. The molecule has 1 N–H and O–H groups in total. The van der Waals surface area contributed by atoms with Crippen LogP contribution in [0.1, 0.15) is 25.3 Å². The van der Waals surface area contributed by atoms with Gasteiger partial charge in [-0.05, 0) is 43.7 Å². The average molecular weight is 353 g/mol. The molecule has 6 heteroatoms. The van der Waals surface area contributed by atoms with E-state index < -0.39 is 34.8 Å². The first kappa shape index (κ1) is 17.7. The largest absolute Gasteiger partial charge is 0.390 e. The number of rotatable bonds is 4. The maximum atomic E-state index is 13.9. The summed E-state index contributed by atoms with van der Waals surface area (Å²) in [5.41, 5.74) is -0.720. The van der Waals surface area contributed by atoms with E-state index in [1.165, 1.54) is 24.3 Å². The van der Waals surface area contributed by atoms with E-state index in [1.807, 2.05) is 0 Å². The monoisotopic (exact) mass is 353 g/mol. The van der Waals surface area contributed by atoms with Crippen molar-refractivity contribution in [2.75, 3.05) is 18.0 Å². The molecule has 1 fully saturated rings. The summed E-state index contributed by atoms with van der Waals surface area (Å²) in [5.74, 6) is -3.95. The van der Waals surface area contributed by atoms with Crippen LogP contribution in [-0.2, 0) is 0 Å². The summed E-state index contributed by atoms with van der Waals surface area (Å²) in [5, 5.41) is 10.5. The molecular formula is C19H19F4NO. The first-order chi connectivity index (χ1) is 11.7. The van der Waals surface area contributed by atoms with Gasteiger partial charge in [0.1, 0.15) is 11.6 Å². The summed E-state index contributed by atoms with van der Waals surface area (Å²) >= 11 is 0. The van der Waals surface area contributed by atoms with Crippen LogP contribution in [0.2, 0.25) is 0 Å². The molecule has 0 unspecified atom stereocenters. The van der Waals surface area contributed by atoms with Crippen molar-refractivity contribution in [2.24, 2.45) is 5.92 Å². The summed E-state index contributed by atoms with van der Waals surface area (Å²) in [7, 11) is 0. The lowest BCUT2D eigenvalue weighted by Crippen LogP contribution is -2.53. The molecule has 1 atom stereocenters. The Morgan fingerprint density at radius 3 is 2.20 bits per heavy atom. The zero-order chi connectivity index (χ0) is 18.4. The Hall–Kier alpha value is -2.08. The second kappa shape index (κ2) is 6.33. The average Bonchev–Trinajstić information content (AvgIpc) is 2.43. The SMILES string of the molecule is CC(C)(O)[C@@H](c1cc(F)cc(F)c1)C1CN(c2cccc(F)c2F)C1. The van der Waals surface area contributed by atoms with Crippen molar-refractivity contribution in [3.8, 4) is 0 Å². The molecule has 0 radical (unpaired) electrons. The minimum atomic E-state index is -1.22. The Morgan fingerprint density at radius 2 is 1.64 bits per heavy atom. The molecule has 0 aromatic heterocycles. The predicted octanol–water partition coefficient (Wildman–Crippen LogP) is 4.23. The van der Waals surface area contributed by atoms with Crippen LogP contribution in [0.4, 0.5) is 23.2 Å². The summed E-state index contributed by atoms with van der Waals surface area (Å²) in [4.78, 5) is 1.65. The van der Waals surface area contributed by atoms with E-state index in [4.69, 9.17) is 0 Å². The predicted molar refractivity (Wildman–Crippen MR) is 87.5 cm³/mol. The summed E-state index contributed by atoms with van der Waals surface area (Å²) < 4.78 is 54.4. The van der Waals surface area contributed by atoms with Crippen LogP contribution in [0.15, 0.2) is 36.4 Å². The molecule has 2 aromatic carbocycles. The van der Waals surface area contributed by atoms with E-state index in [0.717, 1.165) is 12.1 Å². The number of halogens is 4. The molecule has 1 heterocycles. The van der Waals surface area contributed by atoms with Gasteiger partial charge < -0.3 is 10.0 Å². The number of hydrogen-bond donors (Lipinski definition) is 1. The highest BCUT2D eigenvalue weighted by atomic mass is 19.2. The van der Waals surface area contributed by atoms with Gasteiger partial charge in [-0.2, -0.15) is 0 Å². The van der Waals surface area contributed by atoms with E-state index >= 15 is 0 Å². The Balaban J connectivity index is 1.85. The first-order valence-corrected chi connectivity index (χ1v) is 8.04. The molecule has 0 bridgehead atoms. The highest BCUT2D eigenvalue weighted by molar-refractivity contribution is 5.51. The third-order valence-electron chi connectivity index (χ3n) is 4.66. The molecule has 134 valence electrons. The second-order valence-corrected chi connectivity index (χ2v) is 7.07. The zero-order valence-electron chi connectivity index (χ0n) is 13.9. The highest BCUT2D eigenvalue weighted by Gasteiger charge is 2.42. The topological polar surface area (TPSA) is 23.5 Å². The molecule has 0 aliphatic carbocycles. The normalized spacial score (nSPS) is 16.7. The molecular weight excluding hydrogens is 334 g/mol. The van der Waals surface area contributed by atoms with Gasteiger partial charge in [0, 0.05) is 31.0 Å². The van der Waals surface area contributed by atoms with Gasteiger partial charge in [-0.25, -0.2) is 17.6 Å². The fraction of sp³-hybridized carbons (Fsp3) is 0.368. The lowest BCUT2D eigenvalue weighted by Gasteiger charge is -2.48. The Kier molecular flexibility index (Phi) is 4.49. The van der Waals surface area contributed by atoms with Crippen LogP contribution in [0, 0.1) is 29.2 Å². The van der Waals surface area contributed by atoms with Gasteiger partial charge in [0.15, 0.2) is 11.6 Å². The number of anilines is 1. The Bertz CT molecular complexity index is 761. The summed E-state index contributed by atoms with van der Waals surface area (Å²) in [6.07, 6.45) is 0. The third kappa shape index (κ3) is 3.49. The molecule has 1 aliphatic rings. The van der Waals surface area contributed by atoms with Crippen molar-refractivity contribution in [3.05, 3.63) is 65.2 Å².